The Hall–Kier alpha value is -1.52. The van der Waals surface area contributed by atoms with Crippen molar-refractivity contribution in [3.63, 3.8) is 0 Å². The van der Waals surface area contributed by atoms with Crippen LogP contribution < -0.4 is 5.32 Å². The molecule has 0 aromatic carbocycles. The van der Waals surface area contributed by atoms with Gasteiger partial charge in [-0.25, -0.2) is 4.39 Å². The zero-order chi connectivity index (χ0) is 13.0. The Morgan fingerprint density at radius 3 is 2.83 bits per heavy atom. The quantitative estimate of drug-likeness (QED) is 0.923. The minimum atomic E-state index is -0.304. The third kappa shape index (κ3) is 3.24. The Labute approximate surface area is 110 Å². The fourth-order valence-corrected chi connectivity index (χ4v) is 1.69. The van der Waals surface area contributed by atoms with Crippen LogP contribution in [0.15, 0.2) is 36.7 Å². The van der Waals surface area contributed by atoms with E-state index in [-0.39, 0.29) is 11.9 Å². The topological polar surface area (TPSA) is 37.8 Å². The van der Waals surface area contributed by atoms with Gasteiger partial charge >= 0.3 is 0 Å². The van der Waals surface area contributed by atoms with Gasteiger partial charge in [0.05, 0.1) is 16.4 Å². The Kier molecular flexibility index (Phi) is 4.23. The third-order valence-corrected chi connectivity index (χ3v) is 2.80. The molecule has 18 heavy (non-hydrogen) atoms. The molecule has 0 unspecified atom stereocenters. The number of nitrogens with one attached hydrogen (secondary N) is 1. The van der Waals surface area contributed by atoms with Crippen LogP contribution >= 0.6 is 11.6 Å². The minimum Gasteiger partial charge on any atom is -0.303 e. The lowest BCUT2D eigenvalue weighted by atomic mass is 10.2. The number of nitrogens with zero attached hydrogens (tertiary/aromatic N) is 2. The molecule has 2 heterocycles. The van der Waals surface area contributed by atoms with E-state index in [4.69, 9.17) is 11.6 Å². The first-order valence-corrected chi connectivity index (χ1v) is 5.99. The lowest BCUT2D eigenvalue weighted by molar-refractivity contribution is 0.509. The Bertz CT molecular complexity index is 516. The molecule has 94 valence electrons. The summed E-state index contributed by atoms with van der Waals surface area (Å²) in [6.45, 7) is 2.40. The maximum absolute atomic E-state index is 13.5. The molecule has 1 N–H and O–H groups in total. The van der Waals surface area contributed by atoms with Crippen molar-refractivity contribution in [2.75, 3.05) is 0 Å². The molecule has 0 aliphatic heterocycles. The molecule has 2 aromatic heterocycles. The van der Waals surface area contributed by atoms with E-state index < -0.39 is 0 Å². The van der Waals surface area contributed by atoms with Crippen molar-refractivity contribution in [3.05, 3.63) is 58.9 Å². The van der Waals surface area contributed by atoms with Crippen molar-refractivity contribution < 1.29 is 4.39 Å². The van der Waals surface area contributed by atoms with Gasteiger partial charge in [-0.15, -0.1) is 0 Å². The molecule has 0 saturated carbocycles. The molecule has 0 radical (unpaired) electrons. The summed E-state index contributed by atoms with van der Waals surface area (Å²) >= 11 is 5.75. The predicted molar refractivity (Wildman–Crippen MR) is 68.7 cm³/mol. The average molecular weight is 266 g/mol. The zero-order valence-corrected chi connectivity index (χ0v) is 10.7. The van der Waals surface area contributed by atoms with Crippen molar-refractivity contribution >= 4 is 11.6 Å². The highest BCUT2D eigenvalue weighted by Crippen LogP contribution is 2.14. The molecule has 2 aromatic rings. The van der Waals surface area contributed by atoms with Crippen LogP contribution in [0.1, 0.15) is 24.4 Å². The summed E-state index contributed by atoms with van der Waals surface area (Å²) in [6, 6.07) is 6.41. The molecule has 0 amide bonds. The van der Waals surface area contributed by atoms with Gasteiger partial charge in [-0.2, -0.15) is 0 Å². The zero-order valence-electron chi connectivity index (χ0n) is 9.90. The highest BCUT2D eigenvalue weighted by atomic mass is 35.5. The number of halogens is 2. The van der Waals surface area contributed by atoms with Crippen molar-refractivity contribution in [3.8, 4) is 0 Å². The molecule has 0 spiro atoms. The van der Waals surface area contributed by atoms with E-state index in [1.165, 1.54) is 6.07 Å². The van der Waals surface area contributed by atoms with Gasteiger partial charge in [0.15, 0.2) is 0 Å². The van der Waals surface area contributed by atoms with Gasteiger partial charge in [0.2, 0.25) is 0 Å². The molecule has 2 rings (SSSR count). The normalized spacial score (nSPS) is 12.4. The van der Waals surface area contributed by atoms with Crippen molar-refractivity contribution in [1.29, 1.82) is 0 Å². The highest BCUT2D eigenvalue weighted by molar-refractivity contribution is 6.30. The van der Waals surface area contributed by atoms with Gasteiger partial charge in [0.1, 0.15) is 5.82 Å². The number of hydrogen-bond acceptors (Lipinski definition) is 3. The van der Waals surface area contributed by atoms with Crippen LogP contribution in [-0.2, 0) is 6.54 Å². The first-order valence-electron chi connectivity index (χ1n) is 5.61. The van der Waals surface area contributed by atoms with Gasteiger partial charge in [-0.3, -0.25) is 9.97 Å². The summed E-state index contributed by atoms with van der Waals surface area (Å²) in [5.41, 5.74) is 1.26. The predicted octanol–water partition coefficient (Wildman–Crippen LogP) is 3.12. The van der Waals surface area contributed by atoms with Gasteiger partial charge < -0.3 is 5.32 Å². The monoisotopic (exact) mass is 265 g/mol. The average Bonchev–Trinajstić information content (AvgIpc) is 2.38. The summed E-state index contributed by atoms with van der Waals surface area (Å²) in [7, 11) is 0. The SMILES string of the molecule is C[C@@H](NCc1ccc(Cl)cn1)c1ncccc1F. The second-order valence-corrected chi connectivity index (χ2v) is 4.38. The van der Waals surface area contributed by atoms with E-state index in [0.717, 1.165) is 5.69 Å². The molecule has 1 atom stereocenters. The number of aromatic nitrogens is 2. The molecule has 0 bridgehead atoms. The maximum Gasteiger partial charge on any atom is 0.146 e. The standard InChI is InChI=1S/C13H13ClFN3/c1-9(13-12(15)3-2-6-16-13)17-8-11-5-4-10(14)7-18-11/h2-7,9,17H,8H2,1H3/t9-/m1/s1. The van der Waals surface area contributed by atoms with Crippen LogP contribution in [0.3, 0.4) is 0 Å². The maximum atomic E-state index is 13.5. The van der Waals surface area contributed by atoms with E-state index in [1.54, 1.807) is 24.5 Å². The van der Waals surface area contributed by atoms with E-state index in [0.29, 0.717) is 17.3 Å². The van der Waals surface area contributed by atoms with Crippen LogP contribution in [0, 0.1) is 5.82 Å². The lowest BCUT2D eigenvalue weighted by Crippen LogP contribution is -2.20. The molecule has 3 nitrogen and oxygen atoms in total. The molecule has 0 aliphatic rings. The smallest absolute Gasteiger partial charge is 0.146 e. The summed E-state index contributed by atoms with van der Waals surface area (Å²) in [4.78, 5) is 8.18. The van der Waals surface area contributed by atoms with Gasteiger partial charge in [-0.05, 0) is 31.2 Å². The highest BCUT2D eigenvalue weighted by Gasteiger charge is 2.11. The van der Waals surface area contributed by atoms with Crippen molar-refractivity contribution in [2.45, 2.75) is 19.5 Å². The van der Waals surface area contributed by atoms with E-state index >= 15 is 0 Å². The Balaban J connectivity index is 1.98. The molecule has 0 saturated heterocycles. The van der Waals surface area contributed by atoms with E-state index in [2.05, 4.69) is 15.3 Å². The molecular formula is C13H13ClFN3. The van der Waals surface area contributed by atoms with Gasteiger partial charge in [-0.1, -0.05) is 11.6 Å². The van der Waals surface area contributed by atoms with Gasteiger partial charge in [0, 0.05) is 25.0 Å². The number of hydrogen-bond donors (Lipinski definition) is 1. The fourth-order valence-electron chi connectivity index (χ4n) is 1.58. The van der Waals surface area contributed by atoms with E-state index in [1.807, 2.05) is 13.0 Å². The van der Waals surface area contributed by atoms with E-state index in [9.17, 15) is 4.39 Å². The number of rotatable bonds is 4. The first-order chi connectivity index (χ1) is 8.66. The minimum absolute atomic E-state index is 0.177. The third-order valence-electron chi connectivity index (χ3n) is 2.58. The fraction of sp³-hybridized carbons (Fsp3) is 0.231. The van der Waals surface area contributed by atoms with Crippen LogP contribution in [-0.4, -0.2) is 9.97 Å². The van der Waals surface area contributed by atoms with Crippen LogP contribution in [0.4, 0.5) is 4.39 Å². The first kappa shape index (κ1) is 12.9. The summed E-state index contributed by atoms with van der Waals surface area (Å²) in [5.74, 6) is -0.304. The summed E-state index contributed by atoms with van der Waals surface area (Å²) in [5, 5.41) is 3.77. The second kappa shape index (κ2) is 5.89. The van der Waals surface area contributed by atoms with Crippen LogP contribution in [0.25, 0.3) is 0 Å². The van der Waals surface area contributed by atoms with Crippen LogP contribution in [0.5, 0.6) is 0 Å². The number of pyridine rings is 2. The molecular weight excluding hydrogens is 253 g/mol. The van der Waals surface area contributed by atoms with Crippen LogP contribution in [0.2, 0.25) is 5.02 Å². The Morgan fingerprint density at radius 1 is 1.33 bits per heavy atom. The summed E-state index contributed by atoms with van der Waals surface area (Å²) < 4.78 is 13.5. The van der Waals surface area contributed by atoms with Crippen molar-refractivity contribution in [2.24, 2.45) is 0 Å². The molecule has 0 aliphatic carbocycles. The molecule has 0 fully saturated rings. The van der Waals surface area contributed by atoms with Gasteiger partial charge in [0.25, 0.3) is 0 Å². The Morgan fingerprint density at radius 2 is 2.17 bits per heavy atom. The molecule has 5 heteroatoms. The van der Waals surface area contributed by atoms with Crippen molar-refractivity contribution in [1.82, 2.24) is 15.3 Å². The summed E-state index contributed by atoms with van der Waals surface area (Å²) in [6.07, 6.45) is 3.17. The lowest BCUT2D eigenvalue weighted by Gasteiger charge is -2.13. The second-order valence-electron chi connectivity index (χ2n) is 3.94. The largest absolute Gasteiger partial charge is 0.303 e.